The Morgan fingerprint density at radius 3 is 2.79 bits per heavy atom. The minimum absolute atomic E-state index is 0.0479. The molecule has 29 heavy (non-hydrogen) atoms. The Kier molecular flexibility index (Phi) is 6.05. The normalized spacial score (nSPS) is 16.2. The summed E-state index contributed by atoms with van der Waals surface area (Å²) in [6.45, 7) is 2.91. The number of benzene rings is 2. The highest BCUT2D eigenvalue weighted by Gasteiger charge is 2.25. The van der Waals surface area contributed by atoms with E-state index < -0.39 is 0 Å². The largest absolute Gasteiger partial charge is 0.494 e. The van der Waals surface area contributed by atoms with E-state index in [-0.39, 0.29) is 11.7 Å². The molecule has 1 aromatic heterocycles. The summed E-state index contributed by atoms with van der Waals surface area (Å²) in [6.07, 6.45) is 0.953. The van der Waals surface area contributed by atoms with Gasteiger partial charge in [0.15, 0.2) is 0 Å². The first-order chi connectivity index (χ1) is 14.2. The molecular weight excluding hydrogens is 406 g/mol. The molecule has 1 aliphatic heterocycles. The van der Waals surface area contributed by atoms with Gasteiger partial charge in [0.25, 0.3) is 0 Å². The second-order valence-electron chi connectivity index (χ2n) is 6.56. The number of aromatic nitrogens is 4. The Labute approximate surface area is 177 Å². The van der Waals surface area contributed by atoms with E-state index in [1.54, 1.807) is 11.8 Å². The lowest BCUT2D eigenvalue weighted by molar-refractivity contribution is -0.116. The second kappa shape index (κ2) is 8.87. The van der Waals surface area contributed by atoms with Gasteiger partial charge in [0.1, 0.15) is 11.4 Å². The maximum atomic E-state index is 13.1. The van der Waals surface area contributed by atoms with Gasteiger partial charge in [0.2, 0.25) is 11.1 Å². The number of para-hydroxylation sites is 3. The van der Waals surface area contributed by atoms with Crippen molar-refractivity contribution in [1.29, 1.82) is 0 Å². The highest BCUT2D eigenvalue weighted by Crippen LogP contribution is 2.37. The Bertz CT molecular complexity index is 1010. The van der Waals surface area contributed by atoms with E-state index in [1.165, 1.54) is 11.8 Å². The third-order valence-electron chi connectivity index (χ3n) is 4.62. The number of carbonyl (C=O) groups is 1. The number of carbonyl (C=O) groups excluding carboxylic acids is 1. The molecule has 150 valence electrons. The summed E-state index contributed by atoms with van der Waals surface area (Å²) in [4.78, 5) is 16.1. The number of methoxy groups -OCH3 is 1. The van der Waals surface area contributed by atoms with Gasteiger partial charge in [-0.3, -0.25) is 4.79 Å². The number of thioether (sulfide) groups is 2. The van der Waals surface area contributed by atoms with Gasteiger partial charge in [-0.15, -0.1) is 16.9 Å². The minimum atomic E-state index is 0.0479. The van der Waals surface area contributed by atoms with Gasteiger partial charge in [0, 0.05) is 16.7 Å². The molecule has 3 aromatic rings. The first-order valence-corrected chi connectivity index (χ1v) is 11.1. The molecule has 0 radical (unpaired) electrons. The van der Waals surface area contributed by atoms with Crippen LogP contribution in [0.5, 0.6) is 5.75 Å². The number of hydrogen-bond donors (Lipinski definition) is 0. The van der Waals surface area contributed by atoms with Crippen molar-refractivity contribution in [2.24, 2.45) is 0 Å². The van der Waals surface area contributed by atoms with Crippen LogP contribution in [0.1, 0.15) is 13.3 Å². The first kappa shape index (κ1) is 19.8. The van der Waals surface area contributed by atoms with Gasteiger partial charge in [-0.25, -0.2) is 0 Å². The smallest absolute Gasteiger partial charge is 0.237 e. The first-order valence-electron chi connectivity index (χ1n) is 9.28. The molecule has 4 rings (SSSR count). The third kappa shape index (κ3) is 4.25. The summed E-state index contributed by atoms with van der Waals surface area (Å²) in [5.41, 5.74) is 1.72. The molecule has 7 nitrogen and oxygen atoms in total. The molecule has 1 amide bonds. The van der Waals surface area contributed by atoms with Crippen LogP contribution in [-0.4, -0.2) is 50.8 Å². The fraction of sp³-hybridized carbons (Fsp3) is 0.300. The van der Waals surface area contributed by atoms with Gasteiger partial charge >= 0.3 is 0 Å². The van der Waals surface area contributed by atoms with E-state index in [2.05, 4.69) is 28.5 Å². The van der Waals surface area contributed by atoms with E-state index in [0.717, 1.165) is 22.7 Å². The predicted molar refractivity (Wildman–Crippen MR) is 115 cm³/mol. The van der Waals surface area contributed by atoms with E-state index in [1.807, 2.05) is 59.1 Å². The molecule has 9 heteroatoms. The molecular formula is C20H21N5O2S2. The van der Waals surface area contributed by atoms with Crippen molar-refractivity contribution in [1.82, 2.24) is 20.2 Å². The van der Waals surface area contributed by atoms with Crippen molar-refractivity contribution in [2.75, 3.05) is 24.3 Å². The Balaban J connectivity index is 1.52. The SMILES string of the molecule is COc1ccccc1-n1nnnc1SCC(=O)N1CCC(C)Sc2ccccc21. The summed E-state index contributed by atoms with van der Waals surface area (Å²) in [5, 5.41) is 13.0. The molecule has 2 heterocycles. The van der Waals surface area contributed by atoms with Gasteiger partial charge in [-0.1, -0.05) is 43.0 Å². The van der Waals surface area contributed by atoms with E-state index in [9.17, 15) is 4.79 Å². The van der Waals surface area contributed by atoms with E-state index in [0.29, 0.717) is 22.7 Å². The van der Waals surface area contributed by atoms with Crippen LogP contribution in [0, 0.1) is 0 Å². The van der Waals surface area contributed by atoms with E-state index in [4.69, 9.17) is 4.74 Å². The third-order valence-corrected chi connectivity index (χ3v) is 6.76. The number of fused-ring (bicyclic) bond motifs is 1. The molecule has 0 saturated carbocycles. The number of amides is 1. The van der Waals surface area contributed by atoms with Crippen LogP contribution >= 0.6 is 23.5 Å². The molecule has 0 saturated heterocycles. The van der Waals surface area contributed by atoms with E-state index >= 15 is 0 Å². The molecule has 0 bridgehead atoms. The van der Waals surface area contributed by atoms with Crippen molar-refractivity contribution in [3.63, 3.8) is 0 Å². The lowest BCUT2D eigenvalue weighted by Crippen LogP contribution is -2.33. The quantitative estimate of drug-likeness (QED) is 0.575. The van der Waals surface area contributed by atoms with Crippen molar-refractivity contribution in [2.45, 2.75) is 28.6 Å². The number of nitrogens with zero attached hydrogens (tertiary/aromatic N) is 5. The Morgan fingerprint density at radius 2 is 1.97 bits per heavy atom. The summed E-state index contributed by atoms with van der Waals surface area (Å²) in [6, 6.07) is 15.6. The standard InChI is InChI=1S/C20H21N5O2S2/c1-14-11-12-24(16-8-4-6-10-18(16)29-14)19(26)13-28-20-21-22-23-25(20)15-7-3-5-9-17(15)27-2/h3-10,14H,11-13H2,1-2H3. The van der Waals surface area contributed by atoms with Crippen LogP contribution in [0.25, 0.3) is 5.69 Å². The van der Waals surface area contributed by atoms with Crippen LogP contribution in [-0.2, 0) is 4.79 Å². The second-order valence-corrected chi connectivity index (χ2v) is 8.99. The van der Waals surface area contributed by atoms with Crippen LogP contribution in [0.2, 0.25) is 0 Å². The summed E-state index contributed by atoms with van der Waals surface area (Å²) >= 11 is 3.15. The zero-order chi connectivity index (χ0) is 20.2. The fourth-order valence-electron chi connectivity index (χ4n) is 3.17. The summed E-state index contributed by atoms with van der Waals surface area (Å²) in [5.74, 6) is 0.968. The van der Waals surface area contributed by atoms with Crippen LogP contribution in [0.4, 0.5) is 5.69 Å². The van der Waals surface area contributed by atoms with Gasteiger partial charge in [-0.05, 0) is 41.1 Å². The van der Waals surface area contributed by atoms with Crippen molar-refractivity contribution in [3.05, 3.63) is 48.5 Å². The number of anilines is 1. The average Bonchev–Trinajstić information content (AvgIpc) is 3.14. The monoisotopic (exact) mass is 427 g/mol. The number of hydrogen-bond acceptors (Lipinski definition) is 7. The maximum Gasteiger partial charge on any atom is 0.237 e. The minimum Gasteiger partial charge on any atom is -0.494 e. The Hall–Kier alpha value is -2.52. The Morgan fingerprint density at radius 1 is 1.21 bits per heavy atom. The highest BCUT2D eigenvalue weighted by molar-refractivity contribution is 8.00. The molecule has 0 aliphatic carbocycles. The number of tetrazole rings is 1. The van der Waals surface area contributed by atoms with Crippen molar-refractivity contribution < 1.29 is 9.53 Å². The molecule has 2 aromatic carbocycles. The summed E-state index contributed by atoms with van der Waals surface area (Å²) < 4.78 is 7.01. The van der Waals surface area contributed by atoms with Crippen LogP contribution in [0.3, 0.4) is 0 Å². The predicted octanol–water partition coefficient (Wildman–Crippen LogP) is 3.68. The molecule has 0 fully saturated rings. The molecule has 1 aliphatic rings. The molecule has 1 atom stereocenters. The van der Waals surface area contributed by atoms with Crippen molar-refractivity contribution in [3.8, 4) is 11.4 Å². The van der Waals surface area contributed by atoms with Crippen LogP contribution < -0.4 is 9.64 Å². The zero-order valence-corrected chi connectivity index (χ0v) is 17.8. The number of ether oxygens (including phenoxy) is 1. The summed E-state index contributed by atoms with van der Waals surface area (Å²) in [7, 11) is 1.61. The van der Waals surface area contributed by atoms with Gasteiger partial charge in [-0.2, -0.15) is 4.68 Å². The lowest BCUT2D eigenvalue weighted by Gasteiger charge is -2.22. The maximum absolute atomic E-state index is 13.1. The topological polar surface area (TPSA) is 73.1 Å². The molecule has 0 spiro atoms. The molecule has 1 unspecified atom stereocenters. The zero-order valence-electron chi connectivity index (χ0n) is 16.2. The lowest BCUT2D eigenvalue weighted by atomic mass is 10.2. The van der Waals surface area contributed by atoms with Crippen molar-refractivity contribution >= 4 is 35.1 Å². The average molecular weight is 428 g/mol. The van der Waals surface area contributed by atoms with Crippen LogP contribution in [0.15, 0.2) is 58.6 Å². The molecule has 0 N–H and O–H groups in total. The highest BCUT2D eigenvalue weighted by atomic mass is 32.2. The number of rotatable bonds is 5. The fourth-order valence-corrected chi connectivity index (χ4v) is 5.05. The van der Waals surface area contributed by atoms with Gasteiger partial charge < -0.3 is 9.64 Å². The van der Waals surface area contributed by atoms with Gasteiger partial charge in [0.05, 0.1) is 18.6 Å².